The van der Waals surface area contributed by atoms with E-state index in [9.17, 15) is 9.59 Å². The van der Waals surface area contributed by atoms with E-state index in [1.54, 1.807) is 46.8 Å². The Kier molecular flexibility index (Phi) is 5.58. The number of carbonyl (C=O) groups excluding carboxylic acids is 2. The van der Waals surface area contributed by atoms with Gasteiger partial charge in [0.2, 0.25) is 0 Å². The molecule has 22 heavy (non-hydrogen) atoms. The monoisotopic (exact) mass is 307 g/mol. The van der Waals surface area contributed by atoms with E-state index in [2.05, 4.69) is 5.32 Å². The number of hydrogen-bond donors (Lipinski definition) is 1. The first-order valence-electron chi connectivity index (χ1n) is 7.25. The van der Waals surface area contributed by atoms with E-state index in [-0.39, 0.29) is 6.54 Å². The van der Waals surface area contributed by atoms with Crippen molar-refractivity contribution < 1.29 is 19.1 Å². The molecular weight excluding hydrogens is 282 g/mol. The van der Waals surface area contributed by atoms with Crippen molar-refractivity contribution in [3.8, 4) is 5.75 Å². The van der Waals surface area contributed by atoms with Gasteiger partial charge in [-0.05, 0) is 53.7 Å². The van der Waals surface area contributed by atoms with Crippen LogP contribution in [0.4, 0.5) is 4.79 Å². The highest BCUT2D eigenvalue weighted by Crippen LogP contribution is 2.20. The number of aryl methyl sites for hydroxylation is 1. The van der Waals surface area contributed by atoms with Crippen molar-refractivity contribution in [2.24, 2.45) is 5.41 Å². The van der Waals surface area contributed by atoms with Crippen molar-refractivity contribution in [2.75, 3.05) is 6.54 Å². The molecule has 0 aliphatic rings. The van der Waals surface area contributed by atoms with Crippen LogP contribution in [0, 0.1) is 12.3 Å². The van der Waals surface area contributed by atoms with E-state index in [0.717, 1.165) is 5.56 Å². The minimum absolute atomic E-state index is 0.132. The number of rotatable bonds is 4. The van der Waals surface area contributed by atoms with Crippen LogP contribution in [0.15, 0.2) is 24.3 Å². The predicted octanol–water partition coefficient (Wildman–Crippen LogP) is 3.45. The lowest BCUT2D eigenvalue weighted by molar-refractivity contribution is -0.143. The summed E-state index contributed by atoms with van der Waals surface area (Å²) in [5, 5.41) is 2.59. The first-order chi connectivity index (χ1) is 9.99. The molecule has 0 bridgehead atoms. The summed E-state index contributed by atoms with van der Waals surface area (Å²) in [5.41, 5.74) is -0.344. The molecule has 1 rings (SSSR count). The number of nitrogens with one attached hydrogen (secondary N) is 1. The van der Waals surface area contributed by atoms with Crippen LogP contribution in [-0.4, -0.2) is 24.2 Å². The second-order valence-corrected chi connectivity index (χ2v) is 6.94. The Bertz CT molecular complexity index is 527. The number of esters is 1. The van der Waals surface area contributed by atoms with Crippen LogP contribution in [0.3, 0.4) is 0 Å². The lowest BCUT2D eigenvalue weighted by atomic mass is 9.94. The van der Waals surface area contributed by atoms with E-state index in [1.165, 1.54) is 0 Å². The quantitative estimate of drug-likeness (QED) is 0.683. The Labute approximate surface area is 132 Å². The maximum Gasteiger partial charge on any atom is 0.407 e. The highest BCUT2D eigenvalue weighted by atomic mass is 16.6. The first-order valence-corrected chi connectivity index (χ1v) is 7.25. The minimum atomic E-state index is -0.859. The van der Waals surface area contributed by atoms with E-state index < -0.39 is 23.1 Å². The summed E-state index contributed by atoms with van der Waals surface area (Å²) in [6.07, 6.45) is -0.552. The zero-order chi connectivity index (χ0) is 17.0. The molecule has 1 aromatic carbocycles. The molecule has 0 fully saturated rings. The molecule has 0 aliphatic heterocycles. The average molecular weight is 307 g/mol. The zero-order valence-corrected chi connectivity index (χ0v) is 14.1. The number of benzene rings is 1. The smallest absolute Gasteiger partial charge is 0.407 e. The van der Waals surface area contributed by atoms with Gasteiger partial charge in [0.15, 0.2) is 0 Å². The summed E-state index contributed by atoms with van der Waals surface area (Å²) in [7, 11) is 0. The number of carbonyl (C=O) groups is 2. The Morgan fingerprint density at radius 2 is 1.59 bits per heavy atom. The second kappa shape index (κ2) is 6.81. The standard InChI is InChI=1S/C17H25NO4/c1-12-7-9-13(10-8-12)21-14(19)17(5,6)11-18-15(20)22-16(2,3)4/h7-10H,11H2,1-6H3,(H,18,20). The molecule has 0 saturated heterocycles. The average Bonchev–Trinajstić information content (AvgIpc) is 2.37. The van der Waals surface area contributed by atoms with Crippen molar-refractivity contribution in [1.29, 1.82) is 0 Å². The Balaban J connectivity index is 2.56. The van der Waals surface area contributed by atoms with Crippen LogP contribution in [-0.2, 0) is 9.53 Å². The van der Waals surface area contributed by atoms with Crippen molar-refractivity contribution in [3.63, 3.8) is 0 Å². The maximum absolute atomic E-state index is 12.2. The van der Waals surface area contributed by atoms with Gasteiger partial charge in [0.1, 0.15) is 11.4 Å². The van der Waals surface area contributed by atoms with Crippen LogP contribution < -0.4 is 10.1 Å². The first kappa shape index (κ1) is 18.0. The van der Waals surface area contributed by atoms with E-state index in [0.29, 0.717) is 5.75 Å². The molecule has 1 aromatic rings. The normalized spacial score (nSPS) is 11.7. The van der Waals surface area contributed by atoms with Gasteiger partial charge in [0.05, 0.1) is 5.41 Å². The third-order valence-electron chi connectivity index (χ3n) is 2.86. The summed E-state index contributed by atoms with van der Waals surface area (Å²) >= 11 is 0. The van der Waals surface area contributed by atoms with Crippen LogP contribution >= 0.6 is 0 Å². The largest absolute Gasteiger partial charge is 0.444 e. The van der Waals surface area contributed by atoms with Crippen LogP contribution in [0.25, 0.3) is 0 Å². The number of ether oxygens (including phenoxy) is 2. The van der Waals surface area contributed by atoms with E-state index in [4.69, 9.17) is 9.47 Å². The highest BCUT2D eigenvalue weighted by molar-refractivity contribution is 5.79. The summed E-state index contributed by atoms with van der Waals surface area (Å²) in [6.45, 7) is 10.9. The number of alkyl carbamates (subject to hydrolysis) is 1. The van der Waals surface area contributed by atoms with Crippen LogP contribution in [0.1, 0.15) is 40.2 Å². The molecule has 1 N–H and O–H groups in total. The van der Waals surface area contributed by atoms with Gasteiger partial charge in [-0.1, -0.05) is 17.7 Å². The molecule has 5 nitrogen and oxygen atoms in total. The van der Waals surface area contributed by atoms with Gasteiger partial charge in [0.25, 0.3) is 0 Å². The molecule has 0 saturated carbocycles. The summed E-state index contributed by atoms with van der Waals surface area (Å²) in [4.78, 5) is 23.8. The van der Waals surface area contributed by atoms with Gasteiger partial charge in [-0.15, -0.1) is 0 Å². The molecule has 0 aromatic heterocycles. The number of amides is 1. The summed E-state index contributed by atoms with van der Waals surface area (Å²) in [6, 6.07) is 7.22. The topological polar surface area (TPSA) is 64.6 Å². The van der Waals surface area contributed by atoms with Gasteiger partial charge in [-0.2, -0.15) is 0 Å². The Morgan fingerprint density at radius 1 is 1.05 bits per heavy atom. The van der Waals surface area contributed by atoms with Gasteiger partial charge in [-0.25, -0.2) is 4.79 Å². The lowest BCUT2D eigenvalue weighted by Crippen LogP contribution is -2.42. The number of hydrogen-bond acceptors (Lipinski definition) is 4. The molecule has 0 heterocycles. The third-order valence-corrected chi connectivity index (χ3v) is 2.86. The molecule has 122 valence electrons. The van der Waals surface area contributed by atoms with E-state index >= 15 is 0 Å². The van der Waals surface area contributed by atoms with Gasteiger partial charge < -0.3 is 14.8 Å². The highest BCUT2D eigenvalue weighted by Gasteiger charge is 2.31. The second-order valence-electron chi connectivity index (χ2n) is 6.94. The molecule has 0 unspecified atom stereocenters. The van der Waals surface area contributed by atoms with Crippen molar-refractivity contribution in [3.05, 3.63) is 29.8 Å². The zero-order valence-electron chi connectivity index (χ0n) is 14.1. The summed E-state index contributed by atoms with van der Waals surface area (Å²) in [5.74, 6) is 0.0772. The van der Waals surface area contributed by atoms with Crippen molar-refractivity contribution >= 4 is 12.1 Å². The molecule has 0 radical (unpaired) electrons. The Hall–Kier alpha value is -2.04. The Morgan fingerprint density at radius 3 is 2.09 bits per heavy atom. The molecule has 0 atom stereocenters. The molecule has 5 heteroatoms. The van der Waals surface area contributed by atoms with Crippen molar-refractivity contribution in [1.82, 2.24) is 5.32 Å². The third kappa shape index (κ3) is 6.16. The fraction of sp³-hybridized carbons (Fsp3) is 0.529. The maximum atomic E-state index is 12.2. The van der Waals surface area contributed by atoms with Crippen molar-refractivity contribution in [2.45, 2.75) is 47.1 Å². The van der Waals surface area contributed by atoms with E-state index in [1.807, 2.05) is 19.1 Å². The van der Waals surface area contributed by atoms with Gasteiger partial charge in [0, 0.05) is 6.54 Å². The molecule has 1 amide bonds. The minimum Gasteiger partial charge on any atom is -0.444 e. The van der Waals surface area contributed by atoms with Gasteiger partial charge >= 0.3 is 12.1 Å². The SMILES string of the molecule is Cc1ccc(OC(=O)C(C)(C)CNC(=O)OC(C)(C)C)cc1. The molecular formula is C17H25NO4. The fourth-order valence-electron chi connectivity index (χ4n) is 1.53. The van der Waals surface area contributed by atoms with Gasteiger partial charge in [-0.3, -0.25) is 4.79 Å². The summed E-state index contributed by atoms with van der Waals surface area (Å²) < 4.78 is 10.5. The fourth-order valence-corrected chi connectivity index (χ4v) is 1.53. The predicted molar refractivity (Wildman–Crippen MR) is 84.8 cm³/mol. The molecule has 0 aliphatic carbocycles. The van der Waals surface area contributed by atoms with Crippen LogP contribution in [0.5, 0.6) is 5.75 Å². The van der Waals surface area contributed by atoms with Crippen LogP contribution in [0.2, 0.25) is 0 Å². The molecule has 0 spiro atoms. The lowest BCUT2D eigenvalue weighted by Gasteiger charge is -2.25.